The molecule has 0 aliphatic heterocycles. The van der Waals surface area contributed by atoms with Crippen LogP contribution in [0.25, 0.3) is 0 Å². The SMILES string of the molecule is CNc1cc(NCc2ccc(S(C)(=O)=O)cc2)nc(N)n1. The van der Waals surface area contributed by atoms with E-state index < -0.39 is 9.84 Å². The lowest BCUT2D eigenvalue weighted by atomic mass is 10.2. The Bertz CT molecular complexity index is 729. The van der Waals surface area contributed by atoms with Gasteiger partial charge in [-0.25, -0.2) is 8.42 Å². The van der Waals surface area contributed by atoms with Gasteiger partial charge in [0, 0.05) is 25.9 Å². The maximum Gasteiger partial charge on any atom is 0.223 e. The van der Waals surface area contributed by atoms with Gasteiger partial charge in [0.2, 0.25) is 5.95 Å². The Morgan fingerprint density at radius 2 is 1.76 bits per heavy atom. The minimum absolute atomic E-state index is 0.178. The first-order valence-corrected chi connectivity index (χ1v) is 8.13. The summed E-state index contributed by atoms with van der Waals surface area (Å²) in [4.78, 5) is 8.37. The van der Waals surface area contributed by atoms with Gasteiger partial charge in [-0.3, -0.25) is 0 Å². The highest BCUT2D eigenvalue weighted by atomic mass is 32.2. The molecule has 0 radical (unpaired) electrons. The summed E-state index contributed by atoms with van der Waals surface area (Å²) in [6.45, 7) is 0.504. The zero-order chi connectivity index (χ0) is 15.5. The molecule has 0 aliphatic carbocycles. The Balaban J connectivity index is 2.08. The molecule has 0 aliphatic rings. The van der Waals surface area contributed by atoms with Gasteiger partial charge in [0.05, 0.1) is 4.90 Å². The van der Waals surface area contributed by atoms with Crippen molar-refractivity contribution in [1.29, 1.82) is 0 Å². The maximum atomic E-state index is 11.4. The van der Waals surface area contributed by atoms with Crippen molar-refractivity contribution in [1.82, 2.24) is 9.97 Å². The first-order chi connectivity index (χ1) is 9.88. The van der Waals surface area contributed by atoms with Crippen molar-refractivity contribution in [3.63, 3.8) is 0 Å². The third kappa shape index (κ3) is 4.06. The van der Waals surface area contributed by atoms with Gasteiger partial charge in [-0.15, -0.1) is 0 Å². The molecule has 7 nitrogen and oxygen atoms in total. The predicted molar refractivity (Wildman–Crippen MR) is 82.9 cm³/mol. The number of hydrogen-bond acceptors (Lipinski definition) is 7. The zero-order valence-corrected chi connectivity index (χ0v) is 12.6. The lowest BCUT2D eigenvalue weighted by Gasteiger charge is -2.08. The van der Waals surface area contributed by atoms with Gasteiger partial charge in [0.15, 0.2) is 9.84 Å². The van der Waals surface area contributed by atoms with E-state index in [0.717, 1.165) is 5.56 Å². The Morgan fingerprint density at radius 1 is 1.14 bits per heavy atom. The number of benzene rings is 1. The maximum absolute atomic E-state index is 11.4. The number of anilines is 3. The molecule has 112 valence electrons. The number of nitrogens with two attached hydrogens (primary N) is 1. The molecular weight excluding hydrogens is 290 g/mol. The van der Waals surface area contributed by atoms with Crippen LogP contribution < -0.4 is 16.4 Å². The highest BCUT2D eigenvalue weighted by molar-refractivity contribution is 7.90. The average Bonchev–Trinajstić information content (AvgIpc) is 2.44. The summed E-state index contributed by atoms with van der Waals surface area (Å²) in [5.74, 6) is 1.40. The topological polar surface area (TPSA) is 110 Å². The van der Waals surface area contributed by atoms with E-state index in [1.165, 1.54) is 6.26 Å². The predicted octanol–water partition coefficient (Wildman–Crippen LogP) is 1.12. The highest BCUT2D eigenvalue weighted by Gasteiger charge is 2.06. The number of sulfone groups is 1. The molecule has 0 spiro atoms. The fourth-order valence-corrected chi connectivity index (χ4v) is 2.36. The second-order valence-corrected chi connectivity index (χ2v) is 6.53. The minimum atomic E-state index is -3.17. The zero-order valence-electron chi connectivity index (χ0n) is 11.8. The van der Waals surface area contributed by atoms with Gasteiger partial charge in [0.25, 0.3) is 0 Å². The van der Waals surface area contributed by atoms with Crippen molar-refractivity contribution in [2.75, 3.05) is 29.7 Å². The highest BCUT2D eigenvalue weighted by Crippen LogP contribution is 2.14. The first-order valence-electron chi connectivity index (χ1n) is 6.23. The molecule has 0 fully saturated rings. The van der Waals surface area contributed by atoms with Crippen LogP contribution in [0.2, 0.25) is 0 Å². The molecule has 0 unspecified atom stereocenters. The number of nitrogen functional groups attached to an aromatic ring is 1. The summed E-state index contributed by atoms with van der Waals surface area (Å²) in [5, 5.41) is 6.01. The van der Waals surface area contributed by atoms with Crippen molar-refractivity contribution >= 4 is 27.4 Å². The molecule has 8 heteroatoms. The van der Waals surface area contributed by atoms with E-state index in [0.29, 0.717) is 23.1 Å². The van der Waals surface area contributed by atoms with Crippen molar-refractivity contribution < 1.29 is 8.42 Å². The summed E-state index contributed by atoms with van der Waals surface area (Å²) in [6.07, 6.45) is 1.18. The van der Waals surface area contributed by atoms with E-state index in [9.17, 15) is 8.42 Å². The van der Waals surface area contributed by atoms with Crippen molar-refractivity contribution in [3.05, 3.63) is 35.9 Å². The molecule has 2 aromatic rings. The molecule has 21 heavy (non-hydrogen) atoms. The molecule has 0 amide bonds. The lowest BCUT2D eigenvalue weighted by molar-refractivity contribution is 0.602. The smallest absolute Gasteiger partial charge is 0.223 e. The van der Waals surface area contributed by atoms with Crippen LogP contribution in [0.4, 0.5) is 17.6 Å². The molecule has 0 saturated heterocycles. The van der Waals surface area contributed by atoms with Gasteiger partial charge >= 0.3 is 0 Å². The summed E-state index contributed by atoms with van der Waals surface area (Å²) in [6, 6.07) is 8.42. The Hall–Kier alpha value is -2.35. The van der Waals surface area contributed by atoms with Crippen LogP contribution >= 0.6 is 0 Å². The summed E-state index contributed by atoms with van der Waals surface area (Å²) in [5.41, 5.74) is 6.54. The molecule has 0 atom stereocenters. The van der Waals surface area contributed by atoms with Crippen molar-refractivity contribution in [2.24, 2.45) is 0 Å². The first kappa shape index (κ1) is 15.0. The van der Waals surface area contributed by atoms with Gasteiger partial charge < -0.3 is 16.4 Å². The fraction of sp³-hybridized carbons (Fsp3) is 0.231. The second-order valence-electron chi connectivity index (χ2n) is 4.52. The number of hydrogen-bond donors (Lipinski definition) is 3. The summed E-state index contributed by atoms with van der Waals surface area (Å²) in [7, 11) is -1.42. The third-order valence-electron chi connectivity index (χ3n) is 2.82. The van der Waals surface area contributed by atoms with E-state index in [2.05, 4.69) is 20.6 Å². The monoisotopic (exact) mass is 307 g/mol. The lowest BCUT2D eigenvalue weighted by Crippen LogP contribution is -2.06. The molecular formula is C13H17N5O2S. The molecule has 2 rings (SSSR count). The number of aromatic nitrogens is 2. The second kappa shape index (κ2) is 5.96. The van der Waals surface area contributed by atoms with E-state index >= 15 is 0 Å². The van der Waals surface area contributed by atoms with Gasteiger partial charge in [0.1, 0.15) is 11.6 Å². The average molecular weight is 307 g/mol. The van der Waals surface area contributed by atoms with Crippen LogP contribution in [0.1, 0.15) is 5.56 Å². The summed E-state index contributed by atoms with van der Waals surface area (Å²) < 4.78 is 22.8. The van der Waals surface area contributed by atoms with Crippen LogP contribution in [0.15, 0.2) is 35.2 Å². The largest absolute Gasteiger partial charge is 0.373 e. The van der Waals surface area contributed by atoms with Gasteiger partial charge in [-0.05, 0) is 17.7 Å². The normalized spacial score (nSPS) is 11.1. The number of nitrogens with zero attached hydrogens (tertiary/aromatic N) is 2. The standard InChI is InChI=1S/C13H17N5O2S/c1-15-11-7-12(18-13(14)17-11)16-8-9-3-5-10(6-4-9)21(2,19)20/h3-7H,8H2,1-2H3,(H4,14,15,16,17,18). The molecule has 0 bridgehead atoms. The minimum Gasteiger partial charge on any atom is -0.373 e. The Morgan fingerprint density at radius 3 is 2.33 bits per heavy atom. The van der Waals surface area contributed by atoms with Gasteiger partial charge in [-0.2, -0.15) is 9.97 Å². The van der Waals surface area contributed by atoms with Crippen LogP contribution in [0.5, 0.6) is 0 Å². The number of nitrogens with one attached hydrogen (secondary N) is 2. The van der Waals surface area contributed by atoms with E-state index in [1.807, 2.05) is 0 Å². The van der Waals surface area contributed by atoms with Crippen molar-refractivity contribution in [3.8, 4) is 0 Å². The van der Waals surface area contributed by atoms with Crippen LogP contribution in [0.3, 0.4) is 0 Å². The van der Waals surface area contributed by atoms with Crippen LogP contribution in [0, 0.1) is 0 Å². The Labute approximate surface area is 123 Å². The Kier molecular flexibility index (Phi) is 4.27. The molecule has 1 aromatic carbocycles. The molecule has 0 saturated carbocycles. The quantitative estimate of drug-likeness (QED) is 0.759. The van der Waals surface area contributed by atoms with E-state index in [4.69, 9.17) is 5.73 Å². The van der Waals surface area contributed by atoms with Crippen LogP contribution in [-0.2, 0) is 16.4 Å². The fourth-order valence-electron chi connectivity index (χ4n) is 1.73. The van der Waals surface area contributed by atoms with E-state index in [1.54, 1.807) is 37.4 Å². The molecule has 1 heterocycles. The molecule has 1 aromatic heterocycles. The van der Waals surface area contributed by atoms with Gasteiger partial charge in [-0.1, -0.05) is 12.1 Å². The van der Waals surface area contributed by atoms with E-state index in [-0.39, 0.29) is 5.95 Å². The third-order valence-corrected chi connectivity index (χ3v) is 3.95. The number of rotatable bonds is 5. The summed E-state index contributed by atoms with van der Waals surface area (Å²) >= 11 is 0. The van der Waals surface area contributed by atoms with Crippen LogP contribution in [-0.4, -0.2) is 31.7 Å². The van der Waals surface area contributed by atoms with Crippen molar-refractivity contribution in [2.45, 2.75) is 11.4 Å². The molecule has 4 N–H and O–H groups in total.